The highest BCUT2D eigenvalue weighted by Crippen LogP contribution is 2.38. The lowest BCUT2D eigenvalue weighted by Crippen LogP contribution is -2.44. The maximum absolute atomic E-state index is 3.74. The van der Waals surface area contributed by atoms with Crippen LogP contribution in [0.5, 0.6) is 0 Å². The first kappa shape index (κ1) is 16.7. The Hall–Kier alpha value is 0.360. The third-order valence-corrected chi connectivity index (χ3v) is 8.78. The fourth-order valence-corrected chi connectivity index (χ4v) is 6.70. The van der Waals surface area contributed by atoms with E-state index in [4.69, 9.17) is 0 Å². The Morgan fingerprint density at radius 1 is 1.20 bits per heavy atom. The molecule has 0 radical (unpaired) electrons. The summed E-state index contributed by atoms with van der Waals surface area (Å²) in [6, 6.07) is 5.26. The van der Waals surface area contributed by atoms with E-state index >= 15 is 0 Å². The number of nitrogens with one attached hydrogen (secondary N) is 1. The third kappa shape index (κ3) is 4.43. The van der Waals surface area contributed by atoms with E-state index in [1.165, 1.54) is 23.5 Å². The van der Waals surface area contributed by atoms with Crippen LogP contribution in [0, 0.1) is 0 Å². The van der Waals surface area contributed by atoms with E-state index in [9.17, 15) is 0 Å². The van der Waals surface area contributed by atoms with Crippen molar-refractivity contribution in [2.45, 2.75) is 62.3 Å². The van der Waals surface area contributed by atoms with Crippen molar-refractivity contribution in [1.29, 1.82) is 0 Å². The fourth-order valence-electron chi connectivity index (χ4n) is 2.55. The van der Waals surface area contributed by atoms with Gasteiger partial charge < -0.3 is 5.32 Å². The molecule has 1 N–H and O–H groups in total. The van der Waals surface area contributed by atoms with Crippen LogP contribution in [-0.4, -0.2) is 34.1 Å². The third-order valence-electron chi connectivity index (χ3n) is 3.98. The Morgan fingerprint density at radius 2 is 1.95 bits per heavy atom. The molecule has 2 heterocycles. The summed E-state index contributed by atoms with van der Waals surface area (Å²) in [5.74, 6) is 1.29. The van der Waals surface area contributed by atoms with Gasteiger partial charge in [-0.15, -0.1) is 11.3 Å². The molecule has 20 heavy (non-hydrogen) atoms. The molecule has 1 aromatic heterocycles. The molecule has 0 aliphatic carbocycles. The lowest BCUT2D eigenvalue weighted by Gasteiger charge is -2.36. The van der Waals surface area contributed by atoms with Crippen molar-refractivity contribution in [3.63, 3.8) is 0 Å². The van der Waals surface area contributed by atoms with Crippen LogP contribution in [0.1, 0.15) is 37.4 Å². The number of thiophene rings is 1. The minimum atomic E-state index is 0.621. The van der Waals surface area contributed by atoms with E-state index in [0.29, 0.717) is 6.04 Å². The van der Waals surface area contributed by atoms with E-state index in [0.717, 1.165) is 22.3 Å². The second kappa shape index (κ2) is 8.11. The van der Waals surface area contributed by atoms with E-state index in [1.807, 2.05) is 11.3 Å². The second-order valence-electron chi connectivity index (χ2n) is 5.51. The summed E-state index contributed by atoms with van der Waals surface area (Å²) in [6.07, 6.45) is 2.36. The summed E-state index contributed by atoms with van der Waals surface area (Å²) in [5.41, 5.74) is 0. The summed E-state index contributed by atoms with van der Waals surface area (Å²) in [5, 5.41) is 6.06. The molecule has 0 amide bonds. The van der Waals surface area contributed by atoms with Crippen LogP contribution in [0.4, 0.5) is 0 Å². The van der Waals surface area contributed by atoms with Crippen molar-refractivity contribution in [1.82, 2.24) is 5.32 Å². The van der Waals surface area contributed by atoms with Crippen LogP contribution in [-0.2, 0) is 12.8 Å². The number of aryl methyl sites for hydroxylation is 1. The first-order chi connectivity index (χ1) is 9.63. The van der Waals surface area contributed by atoms with Crippen LogP contribution in [0.15, 0.2) is 12.1 Å². The van der Waals surface area contributed by atoms with Gasteiger partial charge in [0.2, 0.25) is 0 Å². The number of hydrogen-bond donors (Lipinski definition) is 1. The van der Waals surface area contributed by atoms with Crippen molar-refractivity contribution >= 4 is 34.9 Å². The average Bonchev–Trinajstić information content (AvgIpc) is 2.89. The van der Waals surface area contributed by atoms with Crippen molar-refractivity contribution in [3.05, 3.63) is 21.9 Å². The quantitative estimate of drug-likeness (QED) is 0.828. The topological polar surface area (TPSA) is 12.0 Å². The summed E-state index contributed by atoms with van der Waals surface area (Å²) < 4.78 is 0. The van der Waals surface area contributed by atoms with Crippen LogP contribution in [0.2, 0.25) is 0 Å². The van der Waals surface area contributed by atoms with Gasteiger partial charge in [0.1, 0.15) is 0 Å². The molecule has 1 aliphatic rings. The second-order valence-corrected chi connectivity index (χ2v) is 9.79. The van der Waals surface area contributed by atoms with Crippen molar-refractivity contribution in [2.24, 2.45) is 0 Å². The number of hydrogen-bond acceptors (Lipinski definition) is 4. The van der Waals surface area contributed by atoms with Crippen molar-refractivity contribution < 1.29 is 0 Å². The minimum absolute atomic E-state index is 0.621. The first-order valence-corrected chi connectivity index (χ1v) is 10.5. The number of rotatable bonds is 6. The molecular formula is C16H27NS3. The van der Waals surface area contributed by atoms with Crippen LogP contribution >= 0.6 is 34.9 Å². The largest absolute Gasteiger partial charge is 0.313 e. The zero-order valence-electron chi connectivity index (χ0n) is 13.0. The molecule has 1 nitrogen and oxygen atoms in total. The average molecular weight is 330 g/mol. The zero-order chi connectivity index (χ0) is 14.5. The summed E-state index contributed by atoms with van der Waals surface area (Å²) in [7, 11) is 0. The van der Waals surface area contributed by atoms with E-state index in [-0.39, 0.29) is 0 Å². The van der Waals surface area contributed by atoms with Crippen LogP contribution in [0.3, 0.4) is 0 Å². The van der Waals surface area contributed by atoms with Gasteiger partial charge in [0.15, 0.2) is 0 Å². The van der Waals surface area contributed by atoms with Crippen LogP contribution < -0.4 is 5.32 Å². The standard InChI is InChI=1S/C16H27NS3/c1-5-13-7-8-14(20-13)9-15(17-6-2)16-10-18-11(3)12(4)19-16/h7-8,11-12,15-17H,5-6,9-10H2,1-4H3. The van der Waals surface area contributed by atoms with Crippen LogP contribution in [0.25, 0.3) is 0 Å². The zero-order valence-corrected chi connectivity index (χ0v) is 15.5. The molecule has 1 aliphatic heterocycles. The molecule has 1 aromatic rings. The molecule has 2 rings (SSSR count). The molecule has 1 fully saturated rings. The summed E-state index contributed by atoms with van der Waals surface area (Å²) in [6.45, 7) is 10.3. The van der Waals surface area contributed by atoms with Gasteiger partial charge in [-0.3, -0.25) is 0 Å². The van der Waals surface area contributed by atoms with Gasteiger partial charge in [0, 0.05) is 37.3 Å². The Balaban J connectivity index is 1.99. The Bertz CT molecular complexity index is 404. The molecule has 4 unspecified atom stereocenters. The molecule has 0 aromatic carbocycles. The molecule has 4 atom stereocenters. The first-order valence-electron chi connectivity index (χ1n) is 7.72. The van der Waals surface area contributed by atoms with E-state index < -0.39 is 0 Å². The maximum Gasteiger partial charge on any atom is 0.0298 e. The van der Waals surface area contributed by atoms with Gasteiger partial charge in [-0.25, -0.2) is 0 Å². The number of thioether (sulfide) groups is 2. The minimum Gasteiger partial charge on any atom is -0.313 e. The number of likely N-dealkylation sites (N-methyl/N-ethyl adjacent to an activating group) is 1. The predicted octanol–water partition coefficient (Wildman–Crippen LogP) is 4.46. The molecule has 0 saturated carbocycles. The highest BCUT2D eigenvalue weighted by molar-refractivity contribution is 8.07. The van der Waals surface area contributed by atoms with Gasteiger partial charge in [-0.1, -0.05) is 27.7 Å². The molecule has 1 saturated heterocycles. The predicted molar refractivity (Wildman–Crippen MR) is 97.6 cm³/mol. The monoisotopic (exact) mass is 329 g/mol. The summed E-state index contributed by atoms with van der Waals surface area (Å²) >= 11 is 6.34. The van der Waals surface area contributed by atoms with Gasteiger partial charge >= 0.3 is 0 Å². The lowest BCUT2D eigenvalue weighted by molar-refractivity contribution is 0.523. The highest BCUT2D eigenvalue weighted by atomic mass is 32.2. The SMILES string of the molecule is CCNC(Cc1ccc(CC)s1)C1CSC(C)C(C)S1. The van der Waals surface area contributed by atoms with Gasteiger partial charge in [0.05, 0.1) is 0 Å². The van der Waals surface area contributed by atoms with Crippen molar-refractivity contribution in [2.75, 3.05) is 12.3 Å². The van der Waals surface area contributed by atoms with Gasteiger partial charge in [-0.05, 0) is 31.5 Å². The van der Waals surface area contributed by atoms with E-state index in [1.54, 1.807) is 4.88 Å². The Morgan fingerprint density at radius 3 is 2.55 bits per heavy atom. The lowest BCUT2D eigenvalue weighted by atomic mass is 10.1. The molecule has 0 bridgehead atoms. The smallest absolute Gasteiger partial charge is 0.0298 e. The molecule has 4 heteroatoms. The van der Waals surface area contributed by atoms with Gasteiger partial charge in [-0.2, -0.15) is 23.5 Å². The Kier molecular flexibility index (Phi) is 6.79. The molecular weight excluding hydrogens is 302 g/mol. The van der Waals surface area contributed by atoms with Gasteiger partial charge in [0.25, 0.3) is 0 Å². The maximum atomic E-state index is 3.74. The fraction of sp³-hybridized carbons (Fsp3) is 0.750. The molecule has 114 valence electrons. The van der Waals surface area contributed by atoms with Crippen molar-refractivity contribution in [3.8, 4) is 0 Å². The summed E-state index contributed by atoms with van der Waals surface area (Å²) in [4.78, 5) is 3.06. The highest BCUT2D eigenvalue weighted by Gasteiger charge is 2.31. The van der Waals surface area contributed by atoms with E-state index in [2.05, 4.69) is 68.7 Å². The molecule has 0 spiro atoms. The normalized spacial score (nSPS) is 28.5. The Labute approximate surface area is 136 Å².